The second-order valence-corrected chi connectivity index (χ2v) is 12.5. The van der Waals surface area contributed by atoms with Crippen LogP contribution in [0.1, 0.15) is 40.0 Å². The number of carbonyl (C=O) groups excluding carboxylic acids is 3. The molecule has 11 heteroatoms. The van der Waals surface area contributed by atoms with Crippen molar-refractivity contribution >= 4 is 28.8 Å². The Bertz CT molecular complexity index is 1610. The topological polar surface area (TPSA) is 136 Å². The molecule has 3 aromatic rings. The first-order chi connectivity index (χ1) is 22.6. The summed E-state index contributed by atoms with van der Waals surface area (Å²) in [5.74, 6) is 0.380. The lowest BCUT2D eigenvalue weighted by atomic mass is 10.1. The molecular formula is C36H45N5O6. The van der Waals surface area contributed by atoms with Crippen LogP contribution in [-0.2, 0) is 14.3 Å². The number of ether oxygens (including phenoxy) is 3. The summed E-state index contributed by atoms with van der Waals surface area (Å²) in [6, 6.07) is 16.0. The predicted molar refractivity (Wildman–Crippen MR) is 180 cm³/mol. The third-order valence-corrected chi connectivity index (χ3v) is 8.91. The van der Waals surface area contributed by atoms with Gasteiger partial charge >= 0.3 is 12.0 Å². The molecule has 2 heterocycles. The number of benzene rings is 2. The molecule has 0 unspecified atom stereocenters. The molecule has 0 bridgehead atoms. The fourth-order valence-electron chi connectivity index (χ4n) is 6.11. The van der Waals surface area contributed by atoms with E-state index in [4.69, 9.17) is 24.9 Å². The van der Waals surface area contributed by atoms with Crippen molar-refractivity contribution in [2.45, 2.75) is 57.7 Å². The molecule has 3 N–H and O–H groups in total. The number of hydrogen-bond donors (Lipinski definition) is 2. The van der Waals surface area contributed by atoms with Crippen molar-refractivity contribution in [2.24, 2.45) is 17.6 Å². The van der Waals surface area contributed by atoms with Crippen LogP contribution in [0.2, 0.25) is 0 Å². The van der Waals surface area contributed by atoms with Crippen molar-refractivity contribution in [1.82, 2.24) is 20.1 Å². The largest absolute Gasteiger partial charge is 0.497 e. The number of amides is 3. The lowest BCUT2D eigenvalue weighted by Crippen LogP contribution is -2.56. The highest BCUT2D eigenvalue weighted by Crippen LogP contribution is 2.46. The zero-order valence-electron chi connectivity index (χ0n) is 27.6. The second kappa shape index (κ2) is 14.4. The van der Waals surface area contributed by atoms with Crippen LogP contribution in [0.3, 0.4) is 0 Å². The van der Waals surface area contributed by atoms with Gasteiger partial charge in [-0.15, -0.1) is 6.58 Å². The van der Waals surface area contributed by atoms with Crippen molar-refractivity contribution in [3.8, 4) is 22.8 Å². The lowest BCUT2D eigenvalue weighted by Gasteiger charge is -2.31. The van der Waals surface area contributed by atoms with E-state index in [9.17, 15) is 14.4 Å². The van der Waals surface area contributed by atoms with Gasteiger partial charge < -0.3 is 35.1 Å². The van der Waals surface area contributed by atoms with Gasteiger partial charge in [-0.2, -0.15) is 0 Å². The van der Waals surface area contributed by atoms with E-state index in [1.54, 1.807) is 25.0 Å². The van der Waals surface area contributed by atoms with Crippen LogP contribution in [0, 0.1) is 11.8 Å². The molecule has 4 atom stereocenters. The van der Waals surface area contributed by atoms with Gasteiger partial charge in [0.2, 0.25) is 5.91 Å². The van der Waals surface area contributed by atoms with E-state index >= 15 is 0 Å². The number of likely N-dealkylation sites (tertiary alicyclic amines) is 1. The van der Waals surface area contributed by atoms with Crippen LogP contribution >= 0.6 is 0 Å². The molecule has 11 nitrogen and oxygen atoms in total. The van der Waals surface area contributed by atoms with Crippen LogP contribution in [0.4, 0.5) is 4.79 Å². The smallest absolute Gasteiger partial charge is 0.332 e. The second-order valence-electron chi connectivity index (χ2n) is 12.5. The first-order valence-electron chi connectivity index (χ1n) is 16.2. The summed E-state index contributed by atoms with van der Waals surface area (Å²) in [7, 11) is 1.60. The molecule has 2 fully saturated rings. The van der Waals surface area contributed by atoms with Crippen molar-refractivity contribution in [3.05, 3.63) is 67.3 Å². The molecule has 1 aliphatic carbocycles. The van der Waals surface area contributed by atoms with E-state index in [1.165, 1.54) is 4.90 Å². The molecule has 3 amide bonds. The SMILES string of the molecule is C=C[C@@H]1C[C@]1(NC(=O)[C@@H]1C[C@@H](Oc2cc(-c3ccccc3)nc3cc(OC)ccc23)CN1C(=O)N(CN)CCC(C)C)C(=O)OCC. The number of rotatable bonds is 13. The van der Waals surface area contributed by atoms with Gasteiger partial charge in [-0.25, -0.2) is 14.6 Å². The number of hydrogen-bond acceptors (Lipinski definition) is 8. The predicted octanol–water partition coefficient (Wildman–Crippen LogP) is 4.74. The number of nitrogens with two attached hydrogens (primary N) is 1. The molecule has 2 aliphatic rings. The zero-order chi connectivity index (χ0) is 33.7. The van der Waals surface area contributed by atoms with Crippen LogP contribution < -0.4 is 20.5 Å². The van der Waals surface area contributed by atoms with Gasteiger partial charge in [-0.1, -0.05) is 50.3 Å². The molecule has 47 heavy (non-hydrogen) atoms. The third-order valence-electron chi connectivity index (χ3n) is 8.91. The summed E-state index contributed by atoms with van der Waals surface area (Å²) in [6.45, 7) is 10.5. The summed E-state index contributed by atoms with van der Waals surface area (Å²) in [5, 5.41) is 3.70. The van der Waals surface area contributed by atoms with Gasteiger partial charge in [0.1, 0.15) is 29.2 Å². The van der Waals surface area contributed by atoms with Crippen LogP contribution in [0.15, 0.2) is 67.3 Å². The summed E-state index contributed by atoms with van der Waals surface area (Å²) < 4.78 is 17.4. The van der Waals surface area contributed by atoms with E-state index in [0.717, 1.165) is 17.4 Å². The maximum absolute atomic E-state index is 14.0. The molecular weight excluding hydrogens is 598 g/mol. The number of nitrogens with one attached hydrogen (secondary N) is 1. The minimum atomic E-state index is -1.20. The number of methoxy groups -OCH3 is 1. The average molecular weight is 644 g/mol. The first kappa shape index (κ1) is 33.7. The molecule has 1 aliphatic heterocycles. The highest BCUT2D eigenvalue weighted by molar-refractivity contribution is 5.95. The van der Waals surface area contributed by atoms with E-state index < -0.39 is 29.6 Å². The Morgan fingerprint density at radius 1 is 1.19 bits per heavy atom. The van der Waals surface area contributed by atoms with Crippen molar-refractivity contribution in [2.75, 3.05) is 33.5 Å². The molecule has 0 radical (unpaired) electrons. The summed E-state index contributed by atoms with van der Waals surface area (Å²) in [4.78, 5) is 48.9. The highest BCUT2D eigenvalue weighted by Gasteiger charge is 2.62. The summed E-state index contributed by atoms with van der Waals surface area (Å²) >= 11 is 0. The maximum atomic E-state index is 14.0. The Morgan fingerprint density at radius 2 is 1.96 bits per heavy atom. The van der Waals surface area contributed by atoms with Crippen LogP contribution in [0.5, 0.6) is 11.5 Å². The maximum Gasteiger partial charge on any atom is 0.332 e. The van der Waals surface area contributed by atoms with Crippen molar-refractivity contribution in [3.63, 3.8) is 0 Å². The molecule has 2 aromatic carbocycles. The number of aromatic nitrogens is 1. The Kier molecular flexibility index (Phi) is 10.3. The molecule has 250 valence electrons. The van der Waals surface area contributed by atoms with Crippen LogP contribution in [-0.4, -0.2) is 83.9 Å². The first-order valence-corrected chi connectivity index (χ1v) is 16.2. The molecule has 1 aromatic heterocycles. The van der Waals surface area contributed by atoms with Gasteiger partial charge in [0.15, 0.2) is 0 Å². The molecule has 1 saturated heterocycles. The Morgan fingerprint density at radius 3 is 2.60 bits per heavy atom. The van der Waals surface area contributed by atoms with E-state index in [1.807, 2.05) is 54.6 Å². The lowest BCUT2D eigenvalue weighted by molar-refractivity contribution is -0.149. The van der Waals surface area contributed by atoms with Gasteiger partial charge in [-0.05, 0) is 37.8 Å². The van der Waals surface area contributed by atoms with E-state index in [2.05, 4.69) is 25.7 Å². The molecule has 5 rings (SSSR count). The van der Waals surface area contributed by atoms with Gasteiger partial charge in [-0.3, -0.25) is 4.79 Å². The Hall–Kier alpha value is -4.64. The zero-order valence-corrected chi connectivity index (χ0v) is 27.6. The van der Waals surface area contributed by atoms with Gasteiger partial charge in [0.05, 0.1) is 38.1 Å². The minimum absolute atomic E-state index is 0.00444. The number of fused-ring (bicyclic) bond motifs is 1. The number of urea groups is 1. The molecule has 0 spiro atoms. The van der Waals surface area contributed by atoms with E-state index in [-0.39, 0.29) is 38.2 Å². The number of pyridine rings is 1. The Balaban J connectivity index is 1.47. The fourth-order valence-corrected chi connectivity index (χ4v) is 6.11. The quantitative estimate of drug-likeness (QED) is 0.155. The summed E-state index contributed by atoms with van der Waals surface area (Å²) in [6.07, 6.45) is 2.47. The van der Waals surface area contributed by atoms with Crippen molar-refractivity contribution < 1.29 is 28.6 Å². The number of carbonyl (C=O) groups is 3. The third kappa shape index (κ3) is 7.20. The van der Waals surface area contributed by atoms with Crippen molar-refractivity contribution in [1.29, 1.82) is 0 Å². The summed E-state index contributed by atoms with van der Waals surface area (Å²) in [5.41, 5.74) is 7.16. The molecule has 1 saturated carbocycles. The minimum Gasteiger partial charge on any atom is -0.497 e. The van der Waals surface area contributed by atoms with Crippen LogP contribution in [0.25, 0.3) is 22.2 Å². The number of esters is 1. The fraction of sp³-hybridized carbons (Fsp3) is 0.444. The number of nitrogens with zero attached hydrogens (tertiary/aromatic N) is 3. The monoisotopic (exact) mass is 643 g/mol. The average Bonchev–Trinajstić information content (AvgIpc) is 3.63. The van der Waals surface area contributed by atoms with E-state index in [0.29, 0.717) is 41.6 Å². The standard InChI is InChI=1S/C36H45N5O6/c1-6-25-20-36(25,34(43)46-7-2)39-33(42)31-18-27(21-41(31)35(44)40(22-37)16-15-23(3)4)47-32-19-29(24-11-9-8-10-12-24)38-30-17-26(45-5)13-14-28(30)32/h6,8-14,17,19,23,25,27,31H,1,7,15-16,18,20-22,37H2,2-5H3,(H,39,42)/t25-,27-,31+,36-/m1/s1. The Labute approximate surface area is 276 Å². The van der Waals surface area contributed by atoms with Gasteiger partial charge in [0.25, 0.3) is 0 Å². The normalized spacial score (nSPS) is 21.7. The van der Waals surface area contributed by atoms with Gasteiger partial charge in [0, 0.05) is 42.0 Å². The highest BCUT2D eigenvalue weighted by atomic mass is 16.5.